The molecule has 5 rings (SSSR count). The summed E-state index contributed by atoms with van der Waals surface area (Å²) in [5, 5.41) is 18.7. The van der Waals surface area contributed by atoms with Crippen LogP contribution in [0.3, 0.4) is 0 Å². The first-order chi connectivity index (χ1) is 19.0. The average Bonchev–Trinajstić information content (AvgIpc) is 3.68. The normalized spacial score (nSPS) is 15.8. The Labute approximate surface area is 232 Å². The van der Waals surface area contributed by atoms with E-state index in [0.29, 0.717) is 30.4 Å². The molecule has 0 unspecified atom stereocenters. The quantitative estimate of drug-likeness (QED) is 0.296. The first-order valence-corrected chi connectivity index (χ1v) is 13.2. The number of likely N-dealkylation sites (tertiary alicyclic amines) is 1. The molecule has 3 N–H and O–H groups in total. The van der Waals surface area contributed by atoms with E-state index in [1.54, 1.807) is 11.1 Å². The van der Waals surface area contributed by atoms with Crippen molar-refractivity contribution in [1.29, 1.82) is 0 Å². The Balaban J connectivity index is 1.35. The molecule has 11 heteroatoms. The molecule has 4 aromatic rings. The molecule has 1 aromatic carbocycles. The van der Waals surface area contributed by atoms with Crippen molar-refractivity contribution in [3.63, 3.8) is 0 Å². The second-order valence-corrected chi connectivity index (χ2v) is 11.6. The van der Waals surface area contributed by atoms with Crippen LogP contribution in [0.2, 0.25) is 0 Å². The number of hydrogen-bond acceptors (Lipinski definition) is 8. The van der Waals surface area contributed by atoms with Crippen LogP contribution in [-0.2, 0) is 15.7 Å². The lowest BCUT2D eigenvalue weighted by Gasteiger charge is -2.26. The number of benzene rings is 1. The summed E-state index contributed by atoms with van der Waals surface area (Å²) in [5.74, 6) is 0.644. The zero-order chi connectivity index (χ0) is 28.7. The molecular weight excluding hydrogens is 508 g/mol. The van der Waals surface area contributed by atoms with Gasteiger partial charge in [0.1, 0.15) is 0 Å². The number of nitrogens with one attached hydrogen (secondary N) is 3. The van der Waals surface area contributed by atoms with E-state index in [9.17, 15) is 9.59 Å². The summed E-state index contributed by atoms with van der Waals surface area (Å²) in [6, 6.07) is 10.0. The standard InChI is InChI=1S/C29H34N8O3/c1-7-21(38)37-15-13-19(16-37)31-24-22-20(12-14-30-23(22)34-35-24)17-8-10-18(11-9-17)29(5,6)33-26(39)25-32-27(40-36-25)28(2,3)4/h7-12,14,19H,1,13,15-16H2,2-6H3,(H,33,39)(H2,30,31,34,35)/t19-/m1/s1. The molecule has 1 aliphatic heterocycles. The zero-order valence-corrected chi connectivity index (χ0v) is 23.4. The first kappa shape index (κ1) is 27.0. The number of aromatic nitrogens is 5. The number of hydrogen-bond donors (Lipinski definition) is 3. The highest BCUT2D eigenvalue weighted by Crippen LogP contribution is 2.33. The predicted octanol–water partition coefficient (Wildman–Crippen LogP) is 4.17. The molecule has 2 amide bonds. The van der Waals surface area contributed by atoms with Gasteiger partial charge in [0, 0.05) is 30.7 Å². The molecule has 208 valence electrons. The molecule has 3 aromatic heterocycles. The molecule has 0 bridgehead atoms. The molecule has 1 atom stereocenters. The molecule has 11 nitrogen and oxygen atoms in total. The zero-order valence-electron chi connectivity index (χ0n) is 23.4. The summed E-state index contributed by atoms with van der Waals surface area (Å²) in [7, 11) is 0. The van der Waals surface area contributed by atoms with Crippen molar-refractivity contribution in [2.24, 2.45) is 0 Å². The number of H-pyrrole nitrogens is 1. The fourth-order valence-corrected chi connectivity index (χ4v) is 4.80. The lowest BCUT2D eigenvalue weighted by molar-refractivity contribution is -0.125. The Morgan fingerprint density at radius 3 is 2.58 bits per heavy atom. The van der Waals surface area contributed by atoms with E-state index >= 15 is 0 Å². The number of amides is 2. The first-order valence-electron chi connectivity index (χ1n) is 13.2. The van der Waals surface area contributed by atoms with E-state index in [4.69, 9.17) is 4.52 Å². The summed E-state index contributed by atoms with van der Waals surface area (Å²) < 4.78 is 5.27. The van der Waals surface area contributed by atoms with Gasteiger partial charge in [-0.15, -0.1) is 0 Å². The molecule has 0 aliphatic carbocycles. The third-order valence-corrected chi connectivity index (χ3v) is 7.09. The number of carbonyl (C=O) groups is 2. The lowest BCUT2D eigenvalue weighted by atomic mass is 9.92. The molecule has 0 spiro atoms. The Morgan fingerprint density at radius 2 is 1.90 bits per heavy atom. The number of pyridine rings is 1. The van der Waals surface area contributed by atoms with E-state index in [1.807, 2.05) is 65.0 Å². The highest BCUT2D eigenvalue weighted by molar-refractivity contribution is 6.00. The molecule has 1 aliphatic rings. The lowest BCUT2D eigenvalue weighted by Crippen LogP contribution is -2.41. The molecule has 1 saturated heterocycles. The van der Waals surface area contributed by atoms with Gasteiger partial charge in [-0.2, -0.15) is 10.1 Å². The fourth-order valence-electron chi connectivity index (χ4n) is 4.80. The Bertz CT molecular complexity index is 1560. The maximum absolute atomic E-state index is 12.9. The van der Waals surface area contributed by atoms with E-state index in [1.165, 1.54) is 6.08 Å². The summed E-state index contributed by atoms with van der Waals surface area (Å²) >= 11 is 0. The molecular formula is C29H34N8O3. The Hall–Kier alpha value is -4.54. The van der Waals surface area contributed by atoms with E-state index < -0.39 is 11.4 Å². The molecule has 0 saturated carbocycles. The van der Waals surface area contributed by atoms with Crippen LogP contribution in [-0.4, -0.2) is 61.2 Å². The topological polar surface area (TPSA) is 142 Å². The van der Waals surface area contributed by atoms with E-state index in [0.717, 1.165) is 28.5 Å². The number of carbonyl (C=O) groups excluding carboxylic acids is 2. The van der Waals surface area contributed by atoms with Crippen LogP contribution in [0.1, 0.15) is 63.1 Å². The van der Waals surface area contributed by atoms with Crippen LogP contribution in [0, 0.1) is 0 Å². The third kappa shape index (κ3) is 5.31. The predicted molar refractivity (Wildman–Crippen MR) is 152 cm³/mol. The second kappa shape index (κ2) is 10.2. The second-order valence-electron chi connectivity index (χ2n) is 11.6. The highest BCUT2D eigenvalue weighted by Gasteiger charge is 2.29. The van der Waals surface area contributed by atoms with Crippen molar-refractivity contribution < 1.29 is 14.1 Å². The van der Waals surface area contributed by atoms with Gasteiger partial charge in [-0.25, -0.2) is 4.98 Å². The van der Waals surface area contributed by atoms with Gasteiger partial charge in [-0.1, -0.05) is 56.8 Å². The van der Waals surface area contributed by atoms with Gasteiger partial charge in [-0.3, -0.25) is 14.7 Å². The van der Waals surface area contributed by atoms with Crippen LogP contribution in [0.25, 0.3) is 22.2 Å². The van der Waals surface area contributed by atoms with Gasteiger partial charge >= 0.3 is 0 Å². The maximum Gasteiger partial charge on any atom is 0.293 e. The average molecular weight is 543 g/mol. The minimum absolute atomic E-state index is 0.00743. The summed E-state index contributed by atoms with van der Waals surface area (Å²) in [4.78, 5) is 35.4. The largest absolute Gasteiger partial charge is 0.363 e. The molecule has 0 radical (unpaired) electrons. The highest BCUT2D eigenvalue weighted by atomic mass is 16.5. The summed E-state index contributed by atoms with van der Waals surface area (Å²) in [5.41, 5.74) is 2.49. The van der Waals surface area contributed by atoms with Gasteiger partial charge in [0.05, 0.1) is 10.9 Å². The van der Waals surface area contributed by atoms with Crippen molar-refractivity contribution in [2.75, 3.05) is 18.4 Å². The van der Waals surface area contributed by atoms with Gasteiger partial charge in [0.25, 0.3) is 11.7 Å². The minimum Gasteiger partial charge on any atom is -0.363 e. The van der Waals surface area contributed by atoms with Crippen LogP contribution < -0.4 is 10.6 Å². The van der Waals surface area contributed by atoms with Crippen LogP contribution >= 0.6 is 0 Å². The molecule has 1 fully saturated rings. The SMILES string of the molecule is C=CC(=O)N1CC[C@@H](Nc2n[nH]c3nccc(-c4ccc(C(C)(C)NC(=O)c5noc(C(C)(C)C)n5)cc4)c23)C1. The van der Waals surface area contributed by atoms with Crippen LogP contribution in [0.5, 0.6) is 0 Å². The van der Waals surface area contributed by atoms with Crippen molar-refractivity contribution >= 4 is 28.7 Å². The molecule has 40 heavy (non-hydrogen) atoms. The molecule has 4 heterocycles. The maximum atomic E-state index is 12.9. The van der Waals surface area contributed by atoms with Crippen molar-refractivity contribution in [3.05, 3.63) is 66.5 Å². The summed E-state index contributed by atoms with van der Waals surface area (Å²) in [6.45, 7) is 14.5. The third-order valence-electron chi connectivity index (χ3n) is 7.09. The van der Waals surface area contributed by atoms with Crippen molar-refractivity contribution in [3.8, 4) is 11.1 Å². The number of fused-ring (bicyclic) bond motifs is 1. The number of aromatic amines is 1. The Morgan fingerprint density at radius 1 is 1.15 bits per heavy atom. The number of rotatable bonds is 7. The number of nitrogens with zero attached hydrogens (tertiary/aromatic N) is 5. The fraction of sp³-hybridized carbons (Fsp3) is 0.379. The van der Waals surface area contributed by atoms with Gasteiger partial charge < -0.3 is 20.1 Å². The van der Waals surface area contributed by atoms with E-state index in [-0.39, 0.29) is 23.2 Å². The Kier molecular flexibility index (Phi) is 6.91. The van der Waals surface area contributed by atoms with Crippen molar-refractivity contribution in [1.82, 2.24) is 35.5 Å². The van der Waals surface area contributed by atoms with Crippen LogP contribution in [0.4, 0.5) is 5.82 Å². The van der Waals surface area contributed by atoms with Gasteiger partial charge in [0.15, 0.2) is 11.5 Å². The van der Waals surface area contributed by atoms with Crippen molar-refractivity contribution in [2.45, 2.75) is 58.0 Å². The van der Waals surface area contributed by atoms with Crippen LogP contribution in [0.15, 0.2) is 53.7 Å². The number of anilines is 1. The smallest absolute Gasteiger partial charge is 0.293 e. The van der Waals surface area contributed by atoms with Gasteiger partial charge in [-0.05, 0) is 49.1 Å². The van der Waals surface area contributed by atoms with Gasteiger partial charge in [0.2, 0.25) is 11.8 Å². The minimum atomic E-state index is -0.689. The van der Waals surface area contributed by atoms with E-state index in [2.05, 4.69) is 42.5 Å². The monoisotopic (exact) mass is 542 g/mol. The summed E-state index contributed by atoms with van der Waals surface area (Å²) in [6.07, 6.45) is 3.91.